The zero-order valence-electron chi connectivity index (χ0n) is 20.5. The number of hydrogen-bond acceptors (Lipinski definition) is 7. The van der Waals surface area contributed by atoms with Crippen LogP contribution in [-0.2, 0) is 30.5 Å². The smallest absolute Gasteiger partial charge is 0.417 e. The zero-order valence-corrected chi connectivity index (χ0v) is 20.5. The number of hydrogen-bond donors (Lipinski definition) is 1. The molecule has 1 unspecified atom stereocenters. The lowest BCUT2D eigenvalue weighted by molar-refractivity contribution is -0.139. The average Bonchev–Trinajstić information content (AvgIpc) is 3.55. The second-order valence-electron chi connectivity index (χ2n) is 9.02. The summed E-state index contributed by atoms with van der Waals surface area (Å²) >= 11 is 0. The molecule has 3 heterocycles. The van der Waals surface area contributed by atoms with Crippen LogP contribution in [0.1, 0.15) is 38.2 Å². The van der Waals surface area contributed by atoms with E-state index in [1.807, 2.05) is 6.07 Å². The Kier molecular flexibility index (Phi) is 7.80. The van der Waals surface area contributed by atoms with Crippen LogP contribution in [-0.4, -0.2) is 69.2 Å². The first-order valence-electron chi connectivity index (χ1n) is 12.2. The Bertz CT molecular complexity index is 1170. The maximum absolute atomic E-state index is 13.9. The topological polar surface area (TPSA) is 143 Å². The molecule has 1 aromatic heterocycles. The summed E-state index contributed by atoms with van der Waals surface area (Å²) in [7, 11) is 0. The summed E-state index contributed by atoms with van der Waals surface area (Å²) in [6.45, 7) is 1.80. The number of benzene rings is 1. The predicted molar refractivity (Wildman–Crippen MR) is 132 cm³/mol. The largest absolute Gasteiger partial charge is 0.444 e. The number of ether oxygens (including phenoxy) is 1. The molecule has 2 aliphatic heterocycles. The lowest BCUT2D eigenvalue weighted by Crippen LogP contribution is -2.57. The van der Waals surface area contributed by atoms with Gasteiger partial charge >= 0.3 is 6.09 Å². The molecule has 2 saturated heterocycles. The van der Waals surface area contributed by atoms with Crippen molar-refractivity contribution in [2.24, 2.45) is 5.73 Å². The molecule has 2 fully saturated rings. The van der Waals surface area contributed by atoms with E-state index in [2.05, 4.69) is 4.98 Å². The van der Waals surface area contributed by atoms with E-state index in [-0.39, 0.29) is 25.3 Å². The number of nitrogens with zero attached hydrogens (tertiary/aromatic N) is 4. The highest BCUT2D eigenvalue weighted by molar-refractivity contribution is 6.08. The summed E-state index contributed by atoms with van der Waals surface area (Å²) in [5, 5.41) is 0. The third-order valence-electron chi connectivity index (χ3n) is 6.64. The normalized spacial score (nSPS) is 20.0. The van der Waals surface area contributed by atoms with Crippen LogP contribution in [0.15, 0.2) is 54.7 Å². The second-order valence-corrected chi connectivity index (χ2v) is 9.02. The third-order valence-corrected chi connectivity index (χ3v) is 6.64. The average molecular weight is 508 g/mol. The van der Waals surface area contributed by atoms with Crippen molar-refractivity contribution in [1.82, 2.24) is 14.8 Å². The van der Waals surface area contributed by atoms with Crippen LogP contribution in [0.5, 0.6) is 0 Å². The summed E-state index contributed by atoms with van der Waals surface area (Å²) in [4.78, 5) is 72.4. The summed E-state index contributed by atoms with van der Waals surface area (Å²) in [6.07, 6.45) is 1.66. The van der Waals surface area contributed by atoms with Crippen LogP contribution in [0.3, 0.4) is 0 Å². The van der Waals surface area contributed by atoms with Gasteiger partial charge in [-0.2, -0.15) is 0 Å². The summed E-state index contributed by atoms with van der Waals surface area (Å²) in [5.74, 6) is -2.08. The number of imide groups is 1. The first-order valence-corrected chi connectivity index (χ1v) is 12.2. The van der Waals surface area contributed by atoms with Gasteiger partial charge in [0.05, 0.1) is 0 Å². The maximum Gasteiger partial charge on any atom is 0.417 e. The van der Waals surface area contributed by atoms with Crippen molar-refractivity contribution in [3.8, 4) is 0 Å². The Labute approximate surface area is 214 Å². The number of pyridine rings is 1. The number of amides is 5. The quantitative estimate of drug-likeness (QED) is 0.600. The number of nitrogens with two attached hydrogens (primary N) is 1. The third kappa shape index (κ3) is 5.45. The van der Waals surface area contributed by atoms with E-state index in [4.69, 9.17) is 10.5 Å². The van der Waals surface area contributed by atoms with Crippen molar-refractivity contribution in [2.45, 2.75) is 57.3 Å². The number of aromatic nitrogens is 1. The van der Waals surface area contributed by atoms with Crippen molar-refractivity contribution in [3.05, 3.63) is 60.3 Å². The number of rotatable bonds is 7. The van der Waals surface area contributed by atoms with Crippen molar-refractivity contribution >= 4 is 35.5 Å². The minimum Gasteiger partial charge on any atom is -0.444 e. The Hall–Kier alpha value is -4.28. The fraction of sp³-hybridized carbons (Fsp3) is 0.385. The van der Waals surface area contributed by atoms with Crippen molar-refractivity contribution in [3.63, 3.8) is 0 Å². The molecular formula is C26H29N5O6. The molecule has 194 valence electrons. The van der Waals surface area contributed by atoms with E-state index in [1.54, 1.807) is 42.5 Å². The molecule has 0 radical (unpaired) electrons. The van der Waals surface area contributed by atoms with Gasteiger partial charge in [-0.15, -0.1) is 0 Å². The van der Waals surface area contributed by atoms with Gasteiger partial charge in [-0.25, -0.2) is 14.7 Å². The van der Waals surface area contributed by atoms with Gasteiger partial charge in [-0.3, -0.25) is 24.1 Å². The first-order chi connectivity index (χ1) is 17.8. The summed E-state index contributed by atoms with van der Waals surface area (Å²) in [6, 6.07) is 10.9. The number of anilines is 1. The van der Waals surface area contributed by atoms with E-state index in [0.29, 0.717) is 19.4 Å². The van der Waals surface area contributed by atoms with Gasteiger partial charge in [0.25, 0.3) is 5.91 Å². The molecule has 2 aliphatic rings. The van der Waals surface area contributed by atoms with E-state index in [9.17, 15) is 24.0 Å². The Balaban J connectivity index is 1.58. The van der Waals surface area contributed by atoms with Gasteiger partial charge in [0.2, 0.25) is 17.7 Å². The summed E-state index contributed by atoms with van der Waals surface area (Å²) in [5.41, 5.74) is 6.22. The molecule has 11 heteroatoms. The first kappa shape index (κ1) is 25.8. The van der Waals surface area contributed by atoms with E-state index in [0.717, 1.165) is 10.5 Å². The van der Waals surface area contributed by atoms with E-state index < -0.39 is 47.8 Å². The van der Waals surface area contributed by atoms with Crippen molar-refractivity contribution < 1.29 is 28.7 Å². The summed E-state index contributed by atoms with van der Waals surface area (Å²) < 4.78 is 5.33. The van der Waals surface area contributed by atoms with Gasteiger partial charge in [-0.1, -0.05) is 36.4 Å². The van der Waals surface area contributed by atoms with Crippen LogP contribution in [0.25, 0.3) is 0 Å². The predicted octanol–water partition coefficient (Wildman–Crippen LogP) is 1.61. The SMILES string of the molecule is CC(C(=O)N1CCC[C@H]1C(N)=O)N(C(=O)[C@@H]1CCC(=O)N1C(=O)OCc1ccccc1)c1ccccn1. The number of primary amides is 1. The Morgan fingerprint density at radius 2 is 1.81 bits per heavy atom. The fourth-order valence-corrected chi connectivity index (χ4v) is 4.77. The molecule has 5 amide bonds. The number of carbonyl (C=O) groups excluding carboxylic acids is 5. The minimum atomic E-state index is -1.17. The van der Waals surface area contributed by atoms with Crippen LogP contribution in [0.4, 0.5) is 10.6 Å². The number of carbonyl (C=O) groups is 5. The zero-order chi connectivity index (χ0) is 26.5. The molecule has 3 atom stereocenters. The van der Waals surface area contributed by atoms with Gasteiger partial charge in [0, 0.05) is 19.2 Å². The molecule has 0 spiro atoms. The van der Waals surface area contributed by atoms with Gasteiger partial charge in [0.15, 0.2) is 0 Å². The molecule has 37 heavy (non-hydrogen) atoms. The highest BCUT2D eigenvalue weighted by Gasteiger charge is 2.46. The molecule has 0 saturated carbocycles. The molecule has 4 rings (SSSR count). The molecule has 11 nitrogen and oxygen atoms in total. The second kappa shape index (κ2) is 11.2. The van der Waals surface area contributed by atoms with Crippen LogP contribution in [0, 0.1) is 0 Å². The van der Waals surface area contributed by atoms with Crippen LogP contribution in [0.2, 0.25) is 0 Å². The minimum absolute atomic E-state index is 0.0227. The molecule has 2 N–H and O–H groups in total. The lowest BCUT2D eigenvalue weighted by atomic mass is 10.1. The van der Waals surface area contributed by atoms with E-state index in [1.165, 1.54) is 22.9 Å². The standard InChI is InChI=1S/C26H29N5O6/c1-17(24(34)29-15-7-10-19(29)23(27)33)30(21-11-5-6-14-28-21)25(35)20-12-13-22(32)31(20)26(36)37-16-18-8-3-2-4-9-18/h2-6,8-9,11,14,17,19-20H,7,10,12-13,15-16H2,1H3,(H2,27,33)/t17?,19-,20-/m0/s1. The van der Waals surface area contributed by atoms with Gasteiger partial charge < -0.3 is 15.4 Å². The van der Waals surface area contributed by atoms with E-state index >= 15 is 0 Å². The molecule has 1 aromatic carbocycles. The highest BCUT2D eigenvalue weighted by Crippen LogP contribution is 2.27. The van der Waals surface area contributed by atoms with Crippen molar-refractivity contribution in [1.29, 1.82) is 0 Å². The Morgan fingerprint density at radius 3 is 2.49 bits per heavy atom. The molecular weight excluding hydrogens is 478 g/mol. The van der Waals surface area contributed by atoms with Gasteiger partial charge in [0.1, 0.15) is 30.6 Å². The fourth-order valence-electron chi connectivity index (χ4n) is 4.77. The molecule has 0 aliphatic carbocycles. The van der Waals surface area contributed by atoms with Crippen molar-refractivity contribution in [2.75, 3.05) is 11.4 Å². The molecule has 2 aromatic rings. The van der Waals surface area contributed by atoms with Crippen LogP contribution >= 0.6 is 0 Å². The maximum atomic E-state index is 13.9. The van der Waals surface area contributed by atoms with Gasteiger partial charge in [-0.05, 0) is 43.9 Å². The lowest BCUT2D eigenvalue weighted by Gasteiger charge is -2.34. The Morgan fingerprint density at radius 1 is 1.08 bits per heavy atom. The monoisotopic (exact) mass is 507 g/mol. The van der Waals surface area contributed by atoms with Crippen LogP contribution < -0.4 is 10.6 Å². The number of likely N-dealkylation sites (tertiary alicyclic amines) is 2. The highest BCUT2D eigenvalue weighted by atomic mass is 16.6. The molecule has 0 bridgehead atoms.